The van der Waals surface area contributed by atoms with Crippen LogP contribution in [0.1, 0.15) is 37.7 Å². The molecule has 1 aliphatic carbocycles. The van der Waals surface area contributed by atoms with E-state index in [1.165, 1.54) is 9.80 Å². The van der Waals surface area contributed by atoms with E-state index in [2.05, 4.69) is 5.32 Å². The Hall–Kier alpha value is -2.68. The van der Waals surface area contributed by atoms with Gasteiger partial charge in [-0.25, -0.2) is 9.18 Å². The summed E-state index contributed by atoms with van der Waals surface area (Å²) in [5.41, 5.74) is 7.23. The maximum Gasteiger partial charge on any atom is 0.407 e. The van der Waals surface area contributed by atoms with Gasteiger partial charge in [0.05, 0.1) is 18.5 Å². The fourth-order valence-electron chi connectivity index (χ4n) is 4.78. The predicted octanol–water partition coefficient (Wildman–Crippen LogP) is 2.07. The van der Waals surface area contributed by atoms with Crippen molar-refractivity contribution in [3.8, 4) is 0 Å². The van der Waals surface area contributed by atoms with Crippen molar-refractivity contribution in [3.05, 3.63) is 35.9 Å². The third-order valence-corrected chi connectivity index (χ3v) is 6.65. The number of benzene rings is 1. The molecule has 1 aromatic carbocycles. The van der Waals surface area contributed by atoms with Crippen LogP contribution in [0.2, 0.25) is 0 Å². The average Bonchev–Trinajstić information content (AvgIpc) is 3.25. The van der Waals surface area contributed by atoms with E-state index in [-0.39, 0.29) is 36.9 Å². The van der Waals surface area contributed by atoms with Gasteiger partial charge in [0, 0.05) is 26.7 Å². The van der Waals surface area contributed by atoms with E-state index in [0.717, 1.165) is 5.56 Å². The zero-order valence-electron chi connectivity index (χ0n) is 19.4. The van der Waals surface area contributed by atoms with Crippen molar-refractivity contribution in [2.45, 2.75) is 57.0 Å². The van der Waals surface area contributed by atoms with Crippen LogP contribution in [0, 0.1) is 11.8 Å². The van der Waals surface area contributed by atoms with E-state index in [1.807, 2.05) is 30.3 Å². The van der Waals surface area contributed by atoms with Crippen molar-refractivity contribution < 1.29 is 23.5 Å². The summed E-state index contributed by atoms with van der Waals surface area (Å²) in [6.07, 6.45) is 1.44. The van der Waals surface area contributed by atoms with Crippen LogP contribution in [-0.2, 0) is 20.9 Å². The number of halogens is 1. The Balaban J connectivity index is 1.54. The molecule has 2 fully saturated rings. The molecule has 1 saturated carbocycles. The largest absolute Gasteiger partial charge is 0.445 e. The number of alkyl halides is 1. The van der Waals surface area contributed by atoms with Gasteiger partial charge in [-0.2, -0.15) is 0 Å². The summed E-state index contributed by atoms with van der Waals surface area (Å²) in [7, 11) is 3.30. The minimum atomic E-state index is -1.03. The van der Waals surface area contributed by atoms with Crippen molar-refractivity contribution in [2.24, 2.45) is 17.6 Å². The van der Waals surface area contributed by atoms with Gasteiger partial charge in [0.15, 0.2) is 0 Å². The van der Waals surface area contributed by atoms with Gasteiger partial charge in [-0.05, 0) is 43.6 Å². The number of likely N-dealkylation sites (tertiary alicyclic amines) is 1. The Labute approximate surface area is 194 Å². The first kappa shape index (κ1) is 25.0. The zero-order chi connectivity index (χ0) is 24.0. The number of ether oxygens (including phenoxy) is 1. The maximum atomic E-state index is 13.6. The molecule has 3 rings (SSSR count). The highest BCUT2D eigenvalue weighted by molar-refractivity contribution is 5.90. The minimum absolute atomic E-state index is 0.0389. The van der Waals surface area contributed by atoms with Crippen LogP contribution in [-0.4, -0.2) is 73.1 Å². The predicted molar refractivity (Wildman–Crippen MR) is 122 cm³/mol. The van der Waals surface area contributed by atoms with Gasteiger partial charge >= 0.3 is 6.09 Å². The molecule has 182 valence electrons. The number of hydrogen-bond donors (Lipinski definition) is 2. The molecule has 1 aliphatic heterocycles. The molecule has 1 aromatic rings. The third-order valence-electron chi connectivity index (χ3n) is 6.65. The first-order valence-corrected chi connectivity index (χ1v) is 11.6. The van der Waals surface area contributed by atoms with Crippen LogP contribution in [0.4, 0.5) is 9.18 Å². The molecule has 2 aliphatic rings. The normalized spacial score (nSPS) is 24.6. The smallest absolute Gasteiger partial charge is 0.407 e. The lowest BCUT2D eigenvalue weighted by atomic mass is 9.74. The van der Waals surface area contributed by atoms with E-state index in [9.17, 15) is 18.8 Å². The topological polar surface area (TPSA) is 105 Å². The third kappa shape index (κ3) is 6.66. The maximum absolute atomic E-state index is 13.6. The highest BCUT2D eigenvalue weighted by Gasteiger charge is 2.42. The lowest BCUT2D eigenvalue weighted by Gasteiger charge is -2.37. The number of amides is 3. The zero-order valence-corrected chi connectivity index (χ0v) is 19.4. The molecular weight excluding hydrogens is 427 g/mol. The van der Waals surface area contributed by atoms with Gasteiger partial charge in [-0.15, -0.1) is 0 Å². The highest BCUT2D eigenvalue weighted by atomic mass is 19.1. The second kappa shape index (κ2) is 11.4. The second-order valence-corrected chi connectivity index (χ2v) is 9.27. The summed E-state index contributed by atoms with van der Waals surface area (Å²) in [6.45, 7) is 0.574. The Morgan fingerprint density at radius 2 is 1.82 bits per heavy atom. The van der Waals surface area contributed by atoms with Gasteiger partial charge in [0.2, 0.25) is 11.8 Å². The summed E-state index contributed by atoms with van der Waals surface area (Å²) >= 11 is 0. The Kier molecular flexibility index (Phi) is 8.66. The number of rotatable bonds is 7. The fraction of sp³-hybridized carbons (Fsp3) is 0.625. The van der Waals surface area contributed by atoms with E-state index in [4.69, 9.17) is 10.5 Å². The standard InChI is InChI=1S/C24H35FN4O4/c1-28(2)22(30)20(21(26)23(31)29-13-12-18(25)14-29)17-8-10-19(11-9-17)27-24(32)33-15-16-6-4-3-5-7-16/h3-7,17-21H,8-15,26H2,1-2H3,(H,27,32)/t17?,18-,19?,20?,21?/m0/s1. The van der Waals surface area contributed by atoms with Gasteiger partial charge in [-0.1, -0.05) is 30.3 Å². The van der Waals surface area contributed by atoms with Crippen LogP contribution in [0.15, 0.2) is 30.3 Å². The summed E-state index contributed by atoms with van der Waals surface area (Å²) in [4.78, 5) is 40.9. The summed E-state index contributed by atoms with van der Waals surface area (Å²) in [6, 6.07) is 8.39. The first-order chi connectivity index (χ1) is 15.8. The number of nitrogens with two attached hydrogens (primary N) is 1. The fourth-order valence-corrected chi connectivity index (χ4v) is 4.78. The number of alkyl carbamates (subject to hydrolysis) is 1. The molecule has 0 bridgehead atoms. The van der Waals surface area contributed by atoms with E-state index >= 15 is 0 Å². The molecule has 2 unspecified atom stereocenters. The summed E-state index contributed by atoms with van der Waals surface area (Å²) < 4.78 is 18.9. The molecule has 3 amide bonds. The molecule has 9 heteroatoms. The Morgan fingerprint density at radius 1 is 1.15 bits per heavy atom. The van der Waals surface area contributed by atoms with Crippen LogP contribution < -0.4 is 11.1 Å². The number of nitrogens with zero attached hydrogens (tertiary/aromatic N) is 2. The van der Waals surface area contributed by atoms with Crippen LogP contribution in [0.5, 0.6) is 0 Å². The lowest BCUT2D eigenvalue weighted by Crippen LogP contribution is -2.54. The van der Waals surface area contributed by atoms with Crippen molar-refractivity contribution in [1.29, 1.82) is 0 Å². The average molecular weight is 463 g/mol. The summed E-state index contributed by atoms with van der Waals surface area (Å²) in [5.74, 6) is -1.30. The number of hydrogen-bond acceptors (Lipinski definition) is 5. The SMILES string of the molecule is CN(C)C(=O)C(C1CCC(NC(=O)OCc2ccccc2)CC1)C(N)C(=O)N1CC[C@H](F)C1. The van der Waals surface area contributed by atoms with E-state index in [0.29, 0.717) is 38.6 Å². The number of carbonyl (C=O) groups is 3. The molecule has 33 heavy (non-hydrogen) atoms. The van der Waals surface area contributed by atoms with Crippen LogP contribution >= 0.6 is 0 Å². The van der Waals surface area contributed by atoms with E-state index < -0.39 is 24.2 Å². The lowest BCUT2D eigenvalue weighted by molar-refractivity contribution is -0.143. The molecule has 0 radical (unpaired) electrons. The van der Waals surface area contributed by atoms with E-state index in [1.54, 1.807) is 14.1 Å². The summed E-state index contributed by atoms with van der Waals surface area (Å²) in [5, 5.41) is 2.90. The van der Waals surface area contributed by atoms with Crippen LogP contribution in [0.3, 0.4) is 0 Å². The Morgan fingerprint density at radius 3 is 2.39 bits per heavy atom. The molecule has 0 spiro atoms. The molecule has 8 nitrogen and oxygen atoms in total. The molecule has 1 saturated heterocycles. The number of nitrogens with one attached hydrogen (secondary N) is 1. The van der Waals surface area contributed by atoms with Gasteiger partial charge < -0.3 is 25.6 Å². The monoisotopic (exact) mass is 462 g/mol. The van der Waals surface area contributed by atoms with Gasteiger partial charge in [0.25, 0.3) is 0 Å². The molecule has 0 aromatic heterocycles. The number of carbonyl (C=O) groups excluding carboxylic acids is 3. The minimum Gasteiger partial charge on any atom is -0.445 e. The Bertz CT molecular complexity index is 814. The van der Waals surface area contributed by atoms with Crippen molar-refractivity contribution >= 4 is 17.9 Å². The quantitative estimate of drug-likeness (QED) is 0.646. The van der Waals surface area contributed by atoms with Crippen molar-refractivity contribution in [3.63, 3.8) is 0 Å². The molecule has 1 heterocycles. The second-order valence-electron chi connectivity index (χ2n) is 9.27. The molecular formula is C24H35FN4O4. The molecule has 3 N–H and O–H groups in total. The van der Waals surface area contributed by atoms with Crippen molar-refractivity contribution in [2.75, 3.05) is 27.2 Å². The first-order valence-electron chi connectivity index (χ1n) is 11.6. The van der Waals surface area contributed by atoms with Crippen molar-refractivity contribution in [1.82, 2.24) is 15.1 Å². The van der Waals surface area contributed by atoms with Gasteiger partial charge in [-0.3, -0.25) is 9.59 Å². The molecule has 3 atom stereocenters. The van der Waals surface area contributed by atoms with Crippen LogP contribution in [0.25, 0.3) is 0 Å². The van der Waals surface area contributed by atoms with Gasteiger partial charge in [0.1, 0.15) is 12.8 Å². The highest BCUT2D eigenvalue weighted by Crippen LogP contribution is 2.33.